The highest BCUT2D eigenvalue weighted by molar-refractivity contribution is 5.87. The van der Waals surface area contributed by atoms with Gasteiger partial charge in [-0.1, -0.05) is 49.1 Å². The molecule has 0 spiro atoms. The van der Waals surface area contributed by atoms with E-state index in [2.05, 4.69) is 6.58 Å². The molecule has 2 aromatic carbocycles. The largest absolute Gasteiger partial charge is 0.508 e. The van der Waals surface area contributed by atoms with Gasteiger partial charge in [0.05, 0.1) is 5.41 Å². The van der Waals surface area contributed by atoms with Crippen LogP contribution in [0.1, 0.15) is 18.4 Å². The molecule has 1 fully saturated rings. The molecule has 0 aliphatic heterocycles. The second kappa shape index (κ2) is 5.68. The van der Waals surface area contributed by atoms with E-state index in [1.54, 1.807) is 18.2 Å². The van der Waals surface area contributed by atoms with Crippen molar-refractivity contribution in [3.63, 3.8) is 0 Å². The number of carbonyl (C=O) groups is 1. The lowest BCUT2D eigenvalue weighted by Crippen LogP contribution is -2.23. The topological polar surface area (TPSA) is 46.5 Å². The number of hydrogen-bond donors (Lipinski definition) is 1. The van der Waals surface area contributed by atoms with Crippen molar-refractivity contribution >= 4 is 5.97 Å². The molecule has 0 aromatic heterocycles. The summed E-state index contributed by atoms with van der Waals surface area (Å²) in [5.74, 6) is 0.0899. The second-order valence-corrected chi connectivity index (χ2v) is 5.59. The van der Waals surface area contributed by atoms with Crippen LogP contribution in [0.4, 0.5) is 0 Å². The van der Waals surface area contributed by atoms with E-state index >= 15 is 0 Å². The van der Waals surface area contributed by atoms with Crippen LogP contribution in [0.2, 0.25) is 0 Å². The van der Waals surface area contributed by atoms with Gasteiger partial charge in [0.2, 0.25) is 0 Å². The molecule has 0 saturated heterocycles. The summed E-state index contributed by atoms with van der Waals surface area (Å²) < 4.78 is 5.22. The molecule has 0 atom stereocenters. The highest BCUT2D eigenvalue weighted by atomic mass is 16.5. The summed E-state index contributed by atoms with van der Waals surface area (Å²) in [6.45, 7) is 3.82. The minimum Gasteiger partial charge on any atom is -0.508 e. The Balaban J connectivity index is 1.81. The lowest BCUT2D eigenvalue weighted by Gasteiger charge is -2.14. The zero-order valence-electron chi connectivity index (χ0n) is 12.3. The third-order valence-corrected chi connectivity index (χ3v) is 4.11. The Labute approximate surface area is 129 Å². The summed E-state index contributed by atoms with van der Waals surface area (Å²) in [6, 6.07) is 15.1. The number of aromatic hydroxyl groups is 1. The minimum atomic E-state index is -0.462. The molecule has 22 heavy (non-hydrogen) atoms. The number of hydrogen-bond acceptors (Lipinski definition) is 3. The van der Waals surface area contributed by atoms with E-state index in [-0.39, 0.29) is 18.3 Å². The van der Waals surface area contributed by atoms with Crippen LogP contribution in [0, 0.1) is 0 Å². The van der Waals surface area contributed by atoms with Crippen molar-refractivity contribution < 1.29 is 14.6 Å². The van der Waals surface area contributed by atoms with Crippen molar-refractivity contribution in [3.8, 4) is 16.9 Å². The molecular weight excluding hydrogens is 276 g/mol. The van der Waals surface area contributed by atoms with Crippen LogP contribution in [0.15, 0.2) is 61.2 Å². The van der Waals surface area contributed by atoms with Crippen LogP contribution >= 0.6 is 0 Å². The number of esters is 1. The molecule has 112 valence electrons. The monoisotopic (exact) mass is 294 g/mol. The first-order chi connectivity index (χ1) is 10.7. The third kappa shape index (κ3) is 2.62. The molecule has 2 aromatic rings. The van der Waals surface area contributed by atoms with Crippen LogP contribution in [-0.2, 0) is 14.9 Å². The van der Waals surface area contributed by atoms with E-state index in [9.17, 15) is 9.90 Å². The first kappa shape index (κ1) is 14.4. The molecule has 1 aliphatic rings. The lowest BCUT2D eigenvalue weighted by molar-refractivity contribution is -0.145. The van der Waals surface area contributed by atoms with Gasteiger partial charge in [0.15, 0.2) is 0 Å². The summed E-state index contributed by atoms with van der Waals surface area (Å²) >= 11 is 0. The fraction of sp³-hybridized carbons (Fsp3) is 0.211. The fourth-order valence-electron chi connectivity index (χ4n) is 2.64. The van der Waals surface area contributed by atoms with E-state index in [1.165, 1.54) is 0 Å². The van der Waals surface area contributed by atoms with Gasteiger partial charge in [0, 0.05) is 0 Å². The Morgan fingerprint density at radius 2 is 1.64 bits per heavy atom. The van der Waals surface area contributed by atoms with Gasteiger partial charge in [-0.2, -0.15) is 0 Å². The Bertz CT molecular complexity index is 680. The van der Waals surface area contributed by atoms with Crippen LogP contribution in [0.25, 0.3) is 11.1 Å². The van der Waals surface area contributed by atoms with Gasteiger partial charge in [-0.15, -0.1) is 0 Å². The van der Waals surface area contributed by atoms with E-state index in [4.69, 9.17) is 4.74 Å². The highest BCUT2D eigenvalue weighted by Crippen LogP contribution is 2.49. The molecular formula is C19H18O3. The maximum Gasteiger partial charge on any atom is 0.316 e. The maximum atomic E-state index is 12.2. The molecule has 0 heterocycles. The average molecular weight is 294 g/mol. The zero-order chi connectivity index (χ0) is 15.6. The molecule has 1 saturated carbocycles. The predicted molar refractivity (Wildman–Crippen MR) is 85.6 cm³/mol. The van der Waals surface area contributed by atoms with Gasteiger partial charge in [-0.05, 0) is 41.7 Å². The number of ether oxygens (including phenoxy) is 1. The minimum absolute atomic E-state index is 0.162. The van der Waals surface area contributed by atoms with E-state index in [0.29, 0.717) is 0 Å². The summed E-state index contributed by atoms with van der Waals surface area (Å²) in [7, 11) is 0. The molecule has 3 heteroatoms. The molecule has 3 nitrogen and oxygen atoms in total. The van der Waals surface area contributed by atoms with Crippen LogP contribution in [0.3, 0.4) is 0 Å². The molecule has 1 aliphatic carbocycles. The van der Waals surface area contributed by atoms with Crippen molar-refractivity contribution in [2.24, 2.45) is 0 Å². The van der Waals surface area contributed by atoms with Crippen molar-refractivity contribution in [1.29, 1.82) is 0 Å². The summed E-state index contributed by atoms with van der Waals surface area (Å²) in [6.07, 6.45) is 3.25. The first-order valence-corrected chi connectivity index (χ1v) is 7.34. The van der Waals surface area contributed by atoms with Crippen molar-refractivity contribution in [2.45, 2.75) is 18.3 Å². The van der Waals surface area contributed by atoms with Gasteiger partial charge in [-0.25, -0.2) is 0 Å². The third-order valence-electron chi connectivity index (χ3n) is 4.11. The lowest BCUT2D eigenvalue weighted by atomic mass is 9.94. The summed E-state index contributed by atoms with van der Waals surface area (Å²) in [5.41, 5.74) is 2.63. The second-order valence-electron chi connectivity index (χ2n) is 5.59. The molecule has 0 amide bonds. The number of phenols is 1. The molecule has 0 radical (unpaired) electrons. The Hall–Kier alpha value is -2.55. The van der Waals surface area contributed by atoms with Gasteiger partial charge in [0.1, 0.15) is 12.4 Å². The number of carbonyl (C=O) groups excluding carboxylic acids is 1. The molecule has 1 N–H and O–H groups in total. The Morgan fingerprint density at radius 1 is 1.09 bits per heavy atom. The summed E-state index contributed by atoms with van der Waals surface area (Å²) in [4.78, 5) is 12.2. The first-order valence-electron chi connectivity index (χ1n) is 7.34. The van der Waals surface area contributed by atoms with E-state index in [1.807, 2.05) is 36.4 Å². The van der Waals surface area contributed by atoms with Crippen molar-refractivity contribution in [3.05, 3.63) is 66.7 Å². The van der Waals surface area contributed by atoms with Gasteiger partial charge in [0.25, 0.3) is 0 Å². The Morgan fingerprint density at radius 3 is 2.14 bits per heavy atom. The number of rotatable bonds is 5. The van der Waals surface area contributed by atoms with Gasteiger partial charge < -0.3 is 9.84 Å². The zero-order valence-corrected chi connectivity index (χ0v) is 12.3. The number of benzene rings is 2. The highest BCUT2D eigenvalue weighted by Gasteiger charge is 2.52. The van der Waals surface area contributed by atoms with Crippen LogP contribution < -0.4 is 0 Å². The van der Waals surface area contributed by atoms with E-state index < -0.39 is 5.41 Å². The SMILES string of the molecule is C=CCOC(=O)C1(c2ccc(-c3ccc(O)cc3)cc2)CC1. The normalized spacial score (nSPS) is 15.1. The van der Waals surface area contributed by atoms with Crippen molar-refractivity contribution in [1.82, 2.24) is 0 Å². The number of phenolic OH excluding ortho intramolecular Hbond substituents is 1. The van der Waals surface area contributed by atoms with E-state index in [0.717, 1.165) is 29.5 Å². The van der Waals surface area contributed by atoms with Crippen molar-refractivity contribution in [2.75, 3.05) is 6.61 Å². The summed E-state index contributed by atoms with van der Waals surface area (Å²) in [5, 5.41) is 9.34. The quantitative estimate of drug-likeness (QED) is 0.673. The van der Waals surface area contributed by atoms with Crippen LogP contribution in [0.5, 0.6) is 5.75 Å². The predicted octanol–water partition coefficient (Wildman–Crippen LogP) is 3.82. The standard InChI is InChI=1S/C19H18O3/c1-2-13-22-18(21)19(11-12-19)16-7-3-14(4-8-16)15-5-9-17(20)10-6-15/h2-10,20H,1,11-13H2. The maximum absolute atomic E-state index is 12.2. The molecule has 0 unspecified atom stereocenters. The Kier molecular flexibility index (Phi) is 3.72. The average Bonchev–Trinajstić information content (AvgIpc) is 3.35. The van der Waals surface area contributed by atoms with Crippen LogP contribution in [-0.4, -0.2) is 17.7 Å². The van der Waals surface area contributed by atoms with Gasteiger partial charge in [-0.3, -0.25) is 4.79 Å². The fourth-order valence-corrected chi connectivity index (χ4v) is 2.64. The van der Waals surface area contributed by atoms with Gasteiger partial charge >= 0.3 is 5.97 Å². The molecule has 0 bridgehead atoms. The smallest absolute Gasteiger partial charge is 0.316 e. The molecule has 3 rings (SSSR count).